The van der Waals surface area contributed by atoms with Crippen molar-refractivity contribution in [3.05, 3.63) is 28.9 Å². The van der Waals surface area contributed by atoms with Crippen molar-refractivity contribution in [2.24, 2.45) is 17.8 Å². The Morgan fingerprint density at radius 2 is 1.97 bits per heavy atom. The second-order valence-corrected chi connectivity index (χ2v) is 11.6. The number of methoxy groups -OCH3 is 1. The number of fused-ring (bicyclic) bond motifs is 1. The van der Waals surface area contributed by atoms with Gasteiger partial charge < -0.3 is 9.72 Å². The zero-order valence-electron chi connectivity index (χ0n) is 17.4. The van der Waals surface area contributed by atoms with E-state index in [1.807, 2.05) is 6.07 Å². The Balaban J connectivity index is 1.39. The van der Waals surface area contributed by atoms with Crippen molar-refractivity contribution in [2.45, 2.75) is 37.5 Å². The maximum atomic E-state index is 11.7. The first-order valence-electron chi connectivity index (χ1n) is 10.6. The highest BCUT2D eigenvalue weighted by Gasteiger charge is 2.60. The smallest absolute Gasteiger partial charge is 0.229 e. The molecule has 10 heteroatoms. The van der Waals surface area contributed by atoms with Crippen molar-refractivity contribution < 1.29 is 13.2 Å². The predicted molar refractivity (Wildman–Crippen MR) is 118 cm³/mol. The average molecular weight is 462 g/mol. The zero-order chi connectivity index (χ0) is 21.5. The number of ether oxygens (including phenoxy) is 1. The molecular weight excluding hydrogens is 438 g/mol. The molecule has 0 amide bonds. The van der Waals surface area contributed by atoms with Gasteiger partial charge in [-0.15, -0.1) is 9.73 Å². The van der Waals surface area contributed by atoms with Crippen molar-refractivity contribution in [1.82, 2.24) is 19.8 Å². The fourth-order valence-electron chi connectivity index (χ4n) is 6.56. The van der Waals surface area contributed by atoms with Gasteiger partial charge in [-0.05, 0) is 68.1 Å². The van der Waals surface area contributed by atoms with Crippen LogP contribution in [0.15, 0.2) is 18.2 Å². The molecule has 4 aliphatic rings. The largest absolute Gasteiger partial charge is 0.495 e. The lowest BCUT2D eigenvalue weighted by Gasteiger charge is -2.31. The minimum absolute atomic E-state index is 0.117. The van der Waals surface area contributed by atoms with Gasteiger partial charge in [-0.1, -0.05) is 11.6 Å². The number of benzene rings is 1. The maximum absolute atomic E-state index is 11.7. The van der Waals surface area contributed by atoms with Gasteiger partial charge in [0.2, 0.25) is 10.0 Å². The normalized spacial score (nSPS) is 29.2. The molecule has 1 aromatic carbocycles. The van der Waals surface area contributed by atoms with E-state index in [0.29, 0.717) is 39.4 Å². The van der Waals surface area contributed by atoms with Crippen LogP contribution in [0.3, 0.4) is 0 Å². The summed E-state index contributed by atoms with van der Waals surface area (Å²) >= 11 is 6.86. The molecule has 2 atom stereocenters. The summed E-state index contributed by atoms with van der Waals surface area (Å²) in [5.41, 5.74) is 2.85. The molecule has 4 aliphatic carbocycles. The summed E-state index contributed by atoms with van der Waals surface area (Å²) < 4.78 is 32.8. The van der Waals surface area contributed by atoms with Crippen molar-refractivity contribution in [3.8, 4) is 17.1 Å². The minimum atomic E-state index is -3.45. The number of H-pyrrole nitrogens is 1. The van der Waals surface area contributed by atoms with Gasteiger partial charge in [0, 0.05) is 11.0 Å². The van der Waals surface area contributed by atoms with E-state index in [9.17, 15) is 8.42 Å². The van der Waals surface area contributed by atoms with Crippen LogP contribution in [-0.2, 0) is 15.4 Å². The van der Waals surface area contributed by atoms with Crippen LogP contribution in [0.4, 0.5) is 5.69 Å². The number of nitrogens with zero attached hydrogens (tertiary/aromatic N) is 3. The first kappa shape index (κ1) is 19.4. The molecular formula is C21H24ClN5O3S. The van der Waals surface area contributed by atoms with Crippen LogP contribution in [-0.4, -0.2) is 41.6 Å². The van der Waals surface area contributed by atoms with E-state index in [4.69, 9.17) is 21.4 Å². The predicted octanol–water partition coefficient (Wildman–Crippen LogP) is 3.84. The highest BCUT2D eigenvalue weighted by Crippen LogP contribution is 2.66. The van der Waals surface area contributed by atoms with Crippen LogP contribution in [0.5, 0.6) is 5.75 Å². The summed E-state index contributed by atoms with van der Waals surface area (Å²) in [4.78, 5) is 3.29. The molecule has 4 fully saturated rings. The molecule has 31 heavy (non-hydrogen) atoms. The molecule has 8 nitrogen and oxygen atoms in total. The van der Waals surface area contributed by atoms with Gasteiger partial charge in [0.1, 0.15) is 10.8 Å². The molecule has 0 radical (unpaired) electrons. The molecule has 2 aromatic heterocycles. The van der Waals surface area contributed by atoms with E-state index >= 15 is 0 Å². The Kier molecular flexibility index (Phi) is 4.00. The monoisotopic (exact) mass is 461 g/mol. The third kappa shape index (κ3) is 2.89. The summed E-state index contributed by atoms with van der Waals surface area (Å²) in [5.74, 6) is 3.32. The number of halogens is 1. The van der Waals surface area contributed by atoms with Crippen LogP contribution in [0.2, 0.25) is 5.02 Å². The van der Waals surface area contributed by atoms with Gasteiger partial charge in [0.15, 0.2) is 11.5 Å². The number of aromatic nitrogens is 4. The minimum Gasteiger partial charge on any atom is -0.495 e. The quantitative estimate of drug-likeness (QED) is 0.601. The van der Waals surface area contributed by atoms with E-state index in [2.05, 4.69) is 14.8 Å². The first-order chi connectivity index (χ1) is 14.8. The number of aromatic amines is 1. The number of anilines is 1. The summed E-state index contributed by atoms with van der Waals surface area (Å²) in [6.45, 7) is 0. The standard InChI is InChI=1S/C21H24ClN5O3S/c1-30-16-4-3-13(8-15(16)26-31(2,28)29)19-23-20-17(22)18(24-27(20)25-19)21-9-11-5-12(10-21)7-14(21)6-11/h3-4,8,11-12,14,26H,5-7,9-10H2,1-2H3,(H,23,25). The van der Waals surface area contributed by atoms with Crippen molar-refractivity contribution in [2.75, 3.05) is 18.1 Å². The zero-order valence-corrected chi connectivity index (χ0v) is 18.9. The number of rotatable bonds is 5. The van der Waals surface area contributed by atoms with E-state index in [1.54, 1.807) is 16.8 Å². The Morgan fingerprint density at radius 3 is 2.61 bits per heavy atom. The van der Waals surface area contributed by atoms with Crippen LogP contribution in [0.25, 0.3) is 17.0 Å². The molecule has 4 saturated carbocycles. The Morgan fingerprint density at radius 1 is 1.23 bits per heavy atom. The maximum Gasteiger partial charge on any atom is 0.229 e. The van der Waals surface area contributed by atoms with Crippen molar-refractivity contribution >= 4 is 33.0 Å². The van der Waals surface area contributed by atoms with Gasteiger partial charge in [-0.25, -0.2) is 8.42 Å². The van der Waals surface area contributed by atoms with E-state index < -0.39 is 10.0 Å². The molecule has 0 aliphatic heterocycles. The van der Waals surface area contributed by atoms with Gasteiger partial charge in [-0.3, -0.25) is 4.72 Å². The third-order valence-corrected chi connectivity index (χ3v) is 8.42. The summed E-state index contributed by atoms with van der Waals surface area (Å²) in [6, 6.07) is 5.20. The van der Waals surface area contributed by atoms with Gasteiger partial charge in [0.25, 0.3) is 0 Å². The van der Waals surface area contributed by atoms with E-state index in [0.717, 1.165) is 23.8 Å². The number of hydrogen-bond acceptors (Lipinski definition) is 5. The lowest BCUT2D eigenvalue weighted by molar-refractivity contribution is 0.263. The second kappa shape index (κ2) is 6.38. The Hall–Kier alpha value is -2.26. The molecule has 0 saturated heterocycles. The van der Waals surface area contributed by atoms with Crippen LogP contribution in [0, 0.1) is 17.8 Å². The van der Waals surface area contributed by atoms with Gasteiger partial charge in [0.05, 0.1) is 24.7 Å². The van der Waals surface area contributed by atoms with Crippen molar-refractivity contribution in [1.29, 1.82) is 0 Å². The number of nitrogens with one attached hydrogen (secondary N) is 2. The Labute approximate surface area is 185 Å². The summed E-state index contributed by atoms with van der Waals surface area (Å²) in [5, 5.41) is 10.1. The first-order valence-corrected chi connectivity index (χ1v) is 12.8. The summed E-state index contributed by atoms with van der Waals surface area (Å²) in [6.07, 6.45) is 7.47. The second-order valence-electron chi connectivity index (χ2n) is 9.46. The lowest BCUT2D eigenvalue weighted by atomic mass is 9.73. The summed E-state index contributed by atoms with van der Waals surface area (Å²) in [7, 11) is -1.96. The van der Waals surface area contributed by atoms with E-state index in [-0.39, 0.29) is 5.41 Å². The van der Waals surface area contributed by atoms with Crippen LogP contribution >= 0.6 is 11.6 Å². The molecule has 4 bridgehead atoms. The van der Waals surface area contributed by atoms with Crippen LogP contribution in [0.1, 0.15) is 37.8 Å². The average Bonchev–Trinajstić information content (AvgIpc) is 3.38. The van der Waals surface area contributed by atoms with Gasteiger partial charge >= 0.3 is 0 Å². The number of sulfonamides is 1. The third-order valence-electron chi connectivity index (χ3n) is 7.47. The highest BCUT2D eigenvalue weighted by atomic mass is 35.5. The fraction of sp³-hybridized carbons (Fsp3) is 0.524. The van der Waals surface area contributed by atoms with Crippen molar-refractivity contribution in [3.63, 3.8) is 0 Å². The molecule has 2 heterocycles. The molecule has 2 unspecified atom stereocenters. The number of hydrogen-bond donors (Lipinski definition) is 2. The Bertz CT molecular complexity index is 1300. The van der Waals surface area contributed by atoms with Gasteiger partial charge in [-0.2, -0.15) is 5.10 Å². The lowest BCUT2D eigenvalue weighted by Crippen LogP contribution is -2.28. The molecule has 0 spiro atoms. The SMILES string of the molecule is COc1ccc(-c2nn3nc(C45CC6CC(CC4C6)C5)c(Cl)c3[nH]2)cc1NS(C)(=O)=O. The molecule has 164 valence electrons. The highest BCUT2D eigenvalue weighted by molar-refractivity contribution is 7.92. The molecule has 3 aromatic rings. The van der Waals surface area contributed by atoms with Crippen LogP contribution < -0.4 is 9.46 Å². The van der Waals surface area contributed by atoms with E-state index in [1.165, 1.54) is 39.2 Å². The molecule has 7 rings (SSSR count). The fourth-order valence-corrected chi connectivity index (χ4v) is 7.47. The topological polar surface area (TPSA) is 101 Å². The molecule has 2 N–H and O–H groups in total.